The number of benzene rings is 1. The Morgan fingerprint density at radius 1 is 1.27 bits per heavy atom. The molecule has 0 amide bonds. The predicted octanol–water partition coefficient (Wildman–Crippen LogP) is 5.89. The molecule has 1 heterocycles. The zero-order chi connectivity index (χ0) is 19.2. The van der Waals surface area contributed by atoms with E-state index in [1.54, 1.807) is 17.8 Å². The molecule has 5 heteroatoms. The van der Waals surface area contributed by atoms with Crippen molar-refractivity contribution < 1.29 is 9.53 Å². The molecule has 0 aliphatic carbocycles. The molecular weight excluding hydrogens is 364 g/mol. The second-order valence-corrected chi connectivity index (χ2v) is 9.48. The second kappa shape index (κ2) is 9.56. The van der Waals surface area contributed by atoms with Crippen molar-refractivity contribution in [3.05, 3.63) is 39.9 Å². The third kappa shape index (κ3) is 5.58. The van der Waals surface area contributed by atoms with E-state index in [1.165, 1.54) is 11.3 Å². The lowest BCUT2D eigenvalue weighted by atomic mass is 9.91. The molecular formula is C21H28O3S2. The standard InChI is InChI=1S/C21H28O3S2/c1-5-15(10-9-13-24-20(23)21(3,4)6-2)25-18-14-19(22)26-17-12-8-7-11-16(17)18/h7-8,11-12,14-15H,5-6,9-10,13H2,1-4H3. The third-order valence-electron chi connectivity index (χ3n) is 4.70. The number of ether oxygens (including phenoxy) is 1. The number of carbonyl (C=O) groups is 1. The van der Waals surface area contributed by atoms with Gasteiger partial charge in [-0.25, -0.2) is 0 Å². The lowest BCUT2D eigenvalue weighted by Gasteiger charge is -2.21. The molecule has 2 aromatic rings. The number of fused-ring (bicyclic) bond motifs is 1. The Morgan fingerprint density at radius 3 is 2.69 bits per heavy atom. The number of carbonyl (C=O) groups excluding carboxylic acids is 1. The van der Waals surface area contributed by atoms with Gasteiger partial charge in [-0.15, -0.1) is 11.8 Å². The van der Waals surface area contributed by atoms with Gasteiger partial charge in [-0.2, -0.15) is 0 Å². The maximum Gasteiger partial charge on any atom is 0.311 e. The first-order valence-corrected chi connectivity index (χ1v) is 10.9. The molecule has 0 N–H and O–H groups in total. The first kappa shape index (κ1) is 21.0. The van der Waals surface area contributed by atoms with Crippen LogP contribution in [0.1, 0.15) is 53.4 Å². The Bertz CT molecular complexity index is 795. The summed E-state index contributed by atoms with van der Waals surface area (Å²) >= 11 is 3.06. The smallest absolute Gasteiger partial charge is 0.311 e. The van der Waals surface area contributed by atoms with E-state index < -0.39 is 5.41 Å². The molecule has 142 valence electrons. The minimum absolute atomic E-state index is 0.0942. The van der Waals surface area contributed by atoms with E-state index in [-0.39, 0.29) is 10.7 Å². The van der Waals surface area contributed by atoms with Crippen molar-refractivity contribution in [3.8, 4) is 0 Å². The van der Waals surface area contributed by atoms with Gasteiger partial charge in [0.25, 0.3) is 0 Å². The van der Waals surface area contributed by atoms with E-state index in [0.717, 1.165) is 40.7 Å². The molecule has 3 nitrogen and oxygen atoms in total. The molecule has 26 heavy (non-hydrogen) atoms. The minimum atomic E-state index is -0.409. The topological polar surface area (TPSA) is 43.4 Å². The van der Waals surface area contributed by atoms with Crippen LogP contribution in [-0.2, 0) is 9.53 Å². The molecule has 1 aromatic carbocycles. The van der Waals surface area contributed by atoms with Gasteiger partial charge in [-0.3, -0.25) is 9.59 Å². The fraction of sp³-hybridized carbons (Fsp3) is 0.524. The van der Waals surface area contributed by atoms with Crippen LogP contribution in [0.2, 0.25) is 0 Å². The molecule has 0 fully saturated rings. The molecule has 1 atom stereocenters. The molecule has 1 aromatic heterocycles. The van der Waals surface area contributed by atoms with Crippen LogP contribution in [0.5, 0.6) is 0 Å². The Labute approximate surface area is 164 Å². The van der Waals surface area contributed by atoms with Crippen LogP contribution in [0.3, 0.4) is 0 Å². The van der Waals surface area contributed by atoms with Gasteiger partial charge < -0.3 is 4.74 Å². The van der Waals surface area contributed by atoms with E-state index in [9.17, 15) is 9.59 Å². The van der Waals surface area contributed by atoms with Crippen molar-refractivity contribution >= 4 is 39.2 Å². The average molecular weight is 393 g/mol. The summed E-state index contributed by atoms with van der Waals surface area (Å²) in [5, 5.41) is 1.56. The number of hydrogen-bond donors (Lipinski definition) is 0. The molecule has 0 spiro atoms. The lowest BCUT2D eigenvalue weighted by molar-refractivity contribution is -0.154. The summed E-state index contributed by atoms with van der Waals surface area (Å²) in [4.78, 5) is 25.1. The average Bonchev–Trinajstić information content (AvgIpc) is 2.63. The second-order valence-electron chi connectivity index (χ2n) is 7.09. The highest BCUT2D eigenvalue weighted by atomic mass is 32.2. The summed E-state index contributed by atoms with van der Waals surface area (Å²) in [6.07, 6.45) is 3.59. The fourth-order valence-electron chi connectivity index (χ4n) is 2.52. The van der Waals surface area contributed by atoms with Gasteiger partial charge in [0.05, 0.1) is 12.0 Å². The Morgan fingerprint density at radius 2 is 2.00 bits per heavy atom. The predicted molar refractivity (Wildman–Crippen MR) is 112 cm³/mol. The van der Waals surface area contributed by atoms with Gasteiger partial charge in [0.1, 0.15) is 0 Å². The van der Waals surface area contributed by atoms with E-state index in [4.69, 9.17) is 4.74 Å². The normalized spacial score (nSPS) is 12.9. The van der Waals surface area contributed by atoms with Gasteiger partial charge in [-0.05, 0) is 45.6 Å². The highest BCUT2D eigenvalue weighted by molar-refractivity contribution is 8.00. The van der Waals surface area contributed by atoms with Crippen LogP contribution in [0.4, 0.5) is 0 Å². The van der Waals surface area contributed by atoms with E-state index in [0.29, 0.717) is 11.9 Å². The number of thioether (sulfide) groups is 1. The Balaban J connectivity index is 1.94. The van der Waals surface area contributed by atoms with E-state index in [1.807, 2.05) is 39.0 Å². The summed E-state index contributed by atoms with van der Waals surface area (Å²) in [7, 11) is 0. The first-order chi connectivity index (χ1) is 12.4. The molecule has 0 saturated carbocycles. The highest BCUT2D eigenvalue weighted by Crippen LogP contribution is 2.34. The van der Waals surface area contributed by atoms with Crippen LogP contribution in [0.25, 0.3) is 10.1 Å². The molecule has 2 rings (SSSR count). The zero-order valence-corrected chi connectivity index (χ0v) is 17.7. The summed E-state index contributed by atoms with van der Waals surface area (Å²) in [6.45, 7) is 8.46. The van der Waals surface area contributed by atoms with Gasteiger partial charge >= 0.3 is 5.97 Å². The minimum Gasteiger partial charge on any atom is -0.465 e. The van der Waals surface area contributed by atoms with Gasteiger partial charge in [0, 0.05) is 26.3 Å². The highest BCUT2D eigenvalue weighted by Gasteiger charge is 2.26. The first-order valence-electron chi connectivity index (χ1n) is 9.24. The van der Waals surface area contributed by atoms with Crippen molar-refractivity contribution in [1.29, 1.82) is 0 Å². The fourth-order valence-corrected chi connectivity index (χ4v) is 4.78. The number of rotatable bonds is 9. The number of hydrogen-bond acceptors (Lipinski definition) is 5. The van der Waals surface area contributed by atoms with Crippen molar-refractivity contribution in [2.45, 2.75) is 63.5 Å². The third-order valence-corrected chi connectivity index (χ3v) is 7.09. The molecule has 1 unspecified atom stereocenters. The van der Waals surface area contributed by atoms with E-state index >= 15 is 0 Å². The summed E-state index contributed by atoms with van der Waals surface area (Å²) in [5.41, 5.74) is -0.409. The molecule has 0 bridgehead atoms. The Kier molecular flexibility index (Phi) is 7.71. The SMILES string of the molecule is CCC(CCCOC(=O)C(C)(C)CC)Sc1cc(=O)sc2ccccc12. The molecule has 0 aliphatic rings. The van der Waals surface area contributed by atoms with Crippen molar-refractivity contribution in [2.24, 2.45) is 5.41 Å². The maximum atomic E-state index is 12.0. The largest absolute Gasteiger partial charge is 0.465 e. The molecule has 0 aliphatic heterocycles. The Hall–Kier alpha value is -1.33. The van der Waals surface area contributed by atoms with Crippen molar-refractivity contribution in [2.75, 3.05) is 6.61 Å². The van der Waals surface area contributed by atoms with Gasteiger partial charge in [-0.1, -0.05) is 43.4 Å². The van der Waals surface area contributed by atoms with Crippen LogP contribution in [0.15, 0.2) is 40.0 Å². The quantitative estimate of drug-likeness (QED) is 0.303. The molecule has 0 radical (unpaired) electrons. The lowest BCUT2D eigenvalue weighted by Crippen LogP contribution is -2.26. The van der Waals surface area contributed by atoms with Crippen LogP contribution < -0.4 is 4.74 Å². The van der Waals surface area contributed by atoms with Crippen LogP contribution >= 0.6 is 23.1 Å². The van der Waals surface area contributed by atoms with Crippen LogP contribution in [-0.4, -0.2) is 17.8 Å². The zero-order valence-electron chi connectivity index (χ0n) is 16.0. The summed E-state index contributed by atoms with van der Waals surface area (Å²) in [6, 6.07) is 9.82. The monoisotopic (exact) mass is 392 g/mol. The van der Waals surface area contributed by atoms with Crippen LogP contribution in [0, 0.1) is 5.41 Å². The van der Waals surface area contributed by atoms with Crippen molar-refractivity contribution in [1.82, 2.24) is 0 Å². The summed E-state index contributed by atoms with van der Waals surface area (Å²) in [5.74, 6) is -0.118. The van der Waals surface area contributed by atoms with Gasteiger partial charge in [0.15, 0.2) is 0 Å². The number of esters is 1. The molecule has 0 saturated heterocycles. The van der Waals surface area contributed by atoms with Gasteiger partial charge in [0.2, 0.25) is 4.74 Å². The summed E-state index contributed by atoms with van der Waals surface area (Å²) < 4.78 is 6.57. The van der Waals surface area contributed by atoms with E-state index in [2.05, 4.69) is 13.0 Å². The maximum absolute atomic E-state index is 12.0. The van der Waals surface area contributed by atoms with Crippen molar-refractivity contribution in [3.63, 3.8) is 0 Å².